The lowest BCUT2D eigenvalue weighted by Gasteiger charge is -2.22. The van der Waals surface area contributed by atoms with Gasteiger partial charge in [-0.3, -0.25) is 9.59 Å². The van der Waals surface area contributed by atoms with Gasteiger partial charge in [-0.15, -0.1) is 0 Å². The van der Waals surface area contributed by atoms with Gasteiger partial charge in [0.15, 0.2) is 0 Å². The minimum Gasteiger partial charge on any atom is -0.378 e. The van der Waals surface area contributed by atoms with E-state index < -0.39 is 0 Å². The second-order valence-corrected chi connectivity index (χ2v) is 8.16. The number of amides is 2. The molecule has 0 radical (unpaired) electrons. The van der Waals surface area contributed by atoms with Crippen LogP contribution in [0.1, 0.15) is 43.6 Å². The quantitative estimate of drug-likeness (QED) is 0.827. The highest BCUT2D eigenvalue weighted by Gasteiger charge is 2.15. The average Bonchev–Trinajstić information content (AvgIpc) is 2.64. The molecule has 0 aliphatic rings. The second-order valence-electron chi connectivity index (χ2n) is 8.16. The number of hydrogen-bond acceptors (Lipinski definition) is 3. The SMILES string of the molecule is CC(=O)N(CCNC(=O)c1ccc(C(C)(C)C)cc1)c1ccc(N(C)C)cc1. The van der Waals surface area contributed by atoms with Gasteiger partial charge < -0.3 is 15.1 Å². The Hall–Kier alpha value is -2.82. The third kappa shape index (κ3) is 5.59. The fourth-order valence-electron chi connectivity index (χ4n) is 2.90. The molecule has 0 unspecified atom stereocenters. The molecule has 5 heteroatoms. The topological polar surface area (TPSA) is 52.7 Å². The molecule has 0 bridgehead atoms. The first-order valence-electron chi connectivity index (χ1n) is 9.54. The number of benzene rings is 2. The first-order chi connectivity index (χ1) is 13.1. The van der Waals surface area contributed by atoms with Crippen LogP contribution in [0.2, 0.25) is 0 Å². The van der Waals surface area contributed by atoms with Crippen LogP contribution >= 0.6 is 0 Å². The molecule has 0 saturated heterocycles. The number of nitrogens with zero attached hydrogens (tertiary/aromatic N) is 2. The van der Waals surface area contributed by atoms with Crippen LogP contribution in [-0.2, 0) is 10.2 Å². The van der Waals surface area contributed by atoms with E-state index in [0.717, 1.165) is 11.4 Å². The monoisotopic (exact) mass is 381 g/mol. The fourth-order valence-corrected chi connectivity index (χ4v) is 2.90. The molecule has 0 heterocycles. The summed E-state index contributed by atoms with van der Waals surface area (Å²) >= 11 is 0. The Morgan fingerprint density at radius 3 is 1.89 bits per heavy atom. The third-order valence-corrected chi connectivity index (χ3v) is 4.69. The largest absolute Gasteiger partial charge is 0.378 e. The van der Waals surface area contributed by atoms with Gasteiger partial charge in [0.25, 0.3) is 5.91 Å². The van der Waals surface area contributed by atoms with E-state index in [9.17, 15) is 9.59 Å². The number of nitrogens with one attached hydrogen (secondary N) is 1. The molecule has 28 heavy (non-hydrogen) atoms. The number of hydrogen-bond donors (Lipinski definition) is 1. The minimum absolute atomic E-state index is 0.0543. The average molecular weight is 382 g/mol. The maximum atomic E-state index is 12.4. The fraction of sp³-hybridized carbons (Fsp3) is 0.391. The van der Waals surface area contributed by atoms with Gasteiger partial charge >= 0.3 is 0 Å². The smallest absolute Gasteiger partial charge is 0.251 e. The van der Waals surface area contributed by atoms with E-state index >= 15 is 0 Å². The van der Waals surface area contributed by atoms with Crippen molar-refractivity contribution in [2.45, 2.75) is 33.1 Å². The second kappa shape index (κ2) is 8.91. The van der Waals surface area contributed by atoms with E-state index in [0.29, 0.717) is 18.7 Å². The molecule has 2 aromatic rings. The highest BCUT2D eigenvalue weighted by Crippen LogP contribution is 2.22. The first-order valence-corrected chi connectivity index (χ1v) is 9.54. The normalized spacial score (nSPS) is 11.1. The molecule has 2 rings (SSSR count). The van der Waals surface area contributed by atoms with E-state index in [1.54, 1.807) is 4.90 Å². The van der Waals surface area contributed by atoms with Crippen LogP contribution in [0, 0.1) is 0 Å². The maximum Gasteiger partial charge on any atom is 0.251 e. The summed E-state index contributed by atoms with van der Waals surface area (Å²) in [6, 6.07) is 15.5. The molecular weight excluding hydrogens is 350 g/mol. The molecule has 0 aliphatic carbocycles. The zero-order valence-corrected chi connectivity index (χ0v) is 17.7. The summed E-state index contributed by atoms with van der Waals surface area (Å²) in [5, 5.41) is 2.90. The molecule has 2 amide bonds. The summed E-state index contributed by atoms with van der Waals surface area (Å²) < 4.78 is 0. The van der Waals surface area contributed by atoms with Crippen molar-refractivity contribution in [1.82, 2.24) is 5.32 Å². The van der Waals surface area contributed by atoms with Crippen LogP contribution in [-0.4, -0.2) is 39.0 Å². The minimum atomic E-state index is -0.132. The lowest BCUT2D eigenvalue weighted by Crippen LogP contribution is -2.37. The van der Waals surface area contributed by atoms with E-state index in [2.05, 4.69) is 26.1 Å². The van der Waals surface area contributed by atoms with Gasteiger partial charge in [-0.1, -0.05) is 32.9 Å². The third-order valence-electron chi connectivity index (χ3n) is 4.69. The van der Waals surface area contributed by atoms with Crippen LogP contribution in [0.4, 0.5) is 11.4 Å². The van der Waals surface area contributed by atoms with Crippen LogP contribution < -0.4 is 15.1 Å². The van der Waals surface area contributed by atoms with Crippen LogP contribution in [0.25, 0.3) is 0 Å². The Balaban J connectivity index is 1.97. The Labute approximate surface area is 168 Å². The highest BCUT2D eigenvalue weighted by atomic mass is 16.2. The molecule has 2 aromatic carbocycles. The van der Waals surface area contributed by atoms with Crippen molar-refractivity contribution in [2.75, 3.05) is 37.0 Å². The summed E-state index contributed by atoms with van der Waals surface area (Å²) in [6.07, 6.45) is 0. The summed E-state index contributed by atoms with van der Waals surface area (Å²) in [4.78, 5) is 28.1. The number of carbonyl (C=O) groups excluding carboxylic acids is 2. The van der Waals surface area contributed by atoms with Gasteiger partial charge in [-0.2, -0.15) is 0 Å². The Morgan fingerprint density at radius 2 is 1.43 bits per heavy atom. The Bertz CT molecular complexity index is 803. The van der Waals surface area contributed by atoms with Gasteiger partial charge in [0.1, 0.15) is 0 Å². The van der Waals surface area contributed by atoms with Crippen molar-refractivity contribution in [1.29, 1.82) is 0 Å². The predicted molar refractivity (Wildman–Crippen MR) is 116 cm³/mol. The van der Waals surface area contributed by atoms with E-state index in [4.69, 9.17) is 0 Å². The van der Waals surface area contributed by atoms with Gasteiger partial charge in [0.05, 0.1) is 0 Å². The number of rotatable bonds is 6. The summed E-state index contributed by atoms with van der Waals surface area (Å²) in [5.41, 5.74) is 3.76. The van der Waals surface area contributed by atoms with E-state index in [1.807, 2.05) is 67.5 Å². The summed E-state index contributed by atoms with van der Waals surface area (Å²) in [6.45, 7) is 8.76. The molecule has 0 fully saturated rings. The van der Waals surface area contributed by atoms with Crippen molar-refractivity contribution < 1.29 is 9.59 Å². The highest BCUT2D eigenvalue weighted by molar-refractivity contribution is 5.94. The summed E-state index contributed by atoms with van der Waals surface area (Å²) in [5.74, 6) is -0.187. The van der Waals surface area contributed by atoms with Gasteiger partial charge in [-0.25, -0.2) is 0 Å². The van der Waals surface area contributed by atoms with Crippen molar-refractivity contribution in [3.63, 3.8) is 0 Å². The predicted octanol–water partition coefficient (Wildman–Crippen LogP) is 3.83. The van der Waals surface area contributed by atoms with E-state index in [-0.39, 0.29) is 17.2 Å². The first kappa shape index (κ1) is 21.5. The molecule has 0 aliphatic heterocycles. The van der Waals surface area contributed by atoms with Crippen molar-refractivity contribution in [3.8, 4) is 0 Å². The van der Waals surface area contributed by atoms with Crippen molar-refractivity contribution >= 4 is 23.2 Å². The van der Waals surface area contributed by atoms with E-state index in [1.165, 1.54) is 12.5 Å². The van der Waals surface area contributed by atoms with Crippen molar-refractivity contribution in [3.05, 3.63) is 59.7 Å². The molecule has 0 atom stereocenters. The lowest BCUT2D eigenvalue weighted by atomic mass is 9.87. The van der Waals surface area contributed by atoms with Crippen LogP contribution in [0.15, 0.2) is 48.5 Å². The zero-order chi connectivity index (χ0) is 20.9. The molecule has 0 saturated carbocycles. The maximum absolute atomic E-state index is 12.4. The summed E-state index contributed by atoms with van der Waals surface area (Å²) in [7, 11) is 3.95. The molecule has 0 aromatic heterocycles. The Kier molecular flexibility index (Phi) is 6.84. The van der Waals surface area contributed by atoms with Gasteiger partial charge in [-0.05, 0) is 47.4 Å². The molecule has 150 valence electrons. The Morgan fingerprint density at radius 1 is 0.893 bits per heavy atom. The molecule has 0 spiro atoms. The molecule has 1 N–H and O–H groups in total. The molecule has 5 nitrogen and oxygen atoms in total. The van der Waals surface area contributed by atoms with Gasteiger partial charge in [0, 0.05) is 51.0 Å². The standard InChI is InChI=1S/C23H31N3O2/c1-17(27)26(21-13-11-20(12-14-21)25(5)6)16-15-24-22(28)18-7-9-19(10-8-18)23(2,3)4/h7-14H,15-16H2,1-6H3,(H,24,28). The zero-order valence-electron chi connectivity index (χ0n) is 17.7. The van der Waals surface area contributed by atoms with Crippen molar-refractivity contribution in [2.24, 2.45) is 0 Å². The molecular formula is C23H31N3O2. The van der Waals surface area contributed by atoms with Crippen LogP contribution in [0.3, 0.4) is 0 Å². The number of anilines is 2. The number of carbonyl (C=O) groups is 2. The van der Waals surface area contributed by atoms with Crippen LogP contribution in [0.5, 0.6) is 0 Å². The van der Waals surface area contributed by atoms with Gasteiger partial charge in [0.2, 0.25) is 5.91 Å². The lowest BCUT2D eigenvalue weighted by molar-refractivity contribution is -0.116.